The van der Waals surface area contributed by atoms with E-state index in [2.05, 4.69) is 10.6 Å². The number of benzene rings is 1. The molecule has 1 aromatic carbocycles. The molecule has 21 heavy (non-hydrogen) atoms. The van der Waals surface area contributed by atoms with Crippen LogP contribution >= 0.6 is 11.6 Å². The van der Waals surface area contributed by atoms with E-state index in [0.717, 1.165) is 19.3 Å². The third kappa shape index (κ3) is 4.44. The summed E-state index contributed by atoms with van der Waals surface area (Å²) in [5, 5.41) is 15.3. The van der Waals surface area contributed by atoms with Crippen LogP contribution in [0.2, 0.25) is 5.02 Å². The van der Waals surface area contributed by atoms with Crippen LogP contribution in [0.1, 0.15) is 19.3 Å². The van der Waals surface area contributed by atoms with Crippen LogP contribution in [0.5, 0.6) is 0 Å². The van der Waals surface area contributed by atoms with Crippen LogP contribution in [-0.2, 0) is 9.59 Å². The zero-order valence-corrected chi connectivity index (χ0v) is 12.4. The standard InChI is InChI=1S/C15H19ClN2O3/c16-12-6-1-2-7-13(12)18-14(19)9-17-8-10-4-3-5-11(10)15(20)21/h1-2,6-7,10-11,17H,3-5,8-9H2,(H,18,19)(H,20,21). The molecule has 0 saturated heterocycles. The van der Waals surface area contributed by atoms with Crippen molar-refractivity contribution >= 4 is 29.2 Å². The Morgan fingerprint density at radius 3 is 2.76 bits per heavy atom. The fourth-order valence-corrected chi connectivity index (χ4v) is 2.92. The van der Waals surface area contributed by atoms with Gasteiger partial charge in [0.2, 0.25) is 5.91 Å². The number of rotatable bonds is 6. The lowest BCUT2D eigenvalue weighted by atomic mass is 9.96. The summed E-state index contributed by atoms with van der Waals surface area (Å²) in [6.45, 7) is 0.695. The zero-order valence-electron chi connectivity index (χ0n) is 11.6. The minimum atomic E-state index is -0.736. The van der Waals surface area contributed by atoms with Gasteiger partial charge < -0.3 is 15.7 Å². The number of amides is 1. The molecule has 1 aliphatic rings. The van der Waals surface area contributed by atoms with Gasteiger partial charge in [0, 0.05) is 0 Å². The van der Waals surface area contributed by atoms with Gasteiger partial charge in [-0.2, -0.15) is 0 Å². The first kappa shape index (κ1) is 15.8. The number of hydrogen-bond acceptors (Lipinski definition) is 3. The maximum atomic E-state index is 11.8. The second-order valence-corrected chi connectivity index (χ2v) is 5.70. The van der Waals surface area contributed by atoms with E-state index in [1.54, 1.807) is 24.3 Å². The average molecular weight is 311 g/mol. The molecule has 0 aliphatic heterocycles. The van der Waals surface area contributed by atoms with E-state index in [-0.39, 0.29) is 24.3 Å². The van der Waals surface area contributed by atoms with Crippen LogP contribution in [0.15, 0.2) is 24.3 Å². The lowest BCUT2D eigenvalue weighted by Gasteiger charge is -2.16. The Hall–Kier alpha value is -1.59. The van der Waals surface area contributed by atoms with Crippen molar-refractivity contribution in [2.45, 2.75) is 19.3 Å². The van der Waals surface area contributed by atoms with E-state index >= 15 is 0 Å². The van der Waals surface area contributed by atoms with Crippen molar-refractivity contribution in [2.24, 2.45) is 11.8 Å². The van der Waals surface area contributed by atoms with Crippen molar-refractivity contribution in [2.75, 3.05) is 18.4 Å². The van der Waals surface area contributed by atoms with Gasteiger partial charge in [0.05, 0.1) is 23.2 Å². The Bertz CT molecular complexity index is 521. The molecule has 3 N–H and O–H groups in total. The van der Waals surface area contributed by atoms with Gasteiger partial charge in [-0.05, 0) is 37.4 Å². The molecular weight excluding hydrogens is 292 g/mol. The van der Waals surface area contributed by atoms with E-state index in [4.69, 9.17) is 16.7 Å². The topological polar surface area (TPSA) is 78.4 Å². The Morgan fingerprint density at radius 1 is 1.29 bits per heavy atom. The van der Waals surface area contributed by atoms with Gasteiger partial charge in [0.1, 0.15) is 0 Å². The summed E-state index contributed by atoms with van der Waals surface area (Å²) < 4.78 is 0. The molecule has 0 spiro atoms. The molecule has 1 amide bonds. The number of halogens is 1. The maximum Gasteiger partial charge on any atom is 0.306 e. The average Bonchev–Trinajstić information content (AvgIpc) is 2.90. The van der Waals surface area contributed by atoms with Crippen molar-refractivity contribution in [1.29, 1.82) is 0 Å². The number of carboxylic acid groups (broad SMARTS) is 1. The molecular formula is C15H19ClN2O3. The monoisotopic (exact) mass is 310 g/mol. The smallest absolute Gasteiger partial charge is 0.306 e. The van der Waals surface area contributed by atoms with E-state index < -0.39 is 5.97 Å². The summed E-state index contributed by atoms with van der Waals surface area (Å²) in [6.07, 6.45) is 2.57. The molecule has 2 rings (SSSR count). The Kier molecular flexibility index (Phi) is 5.59. The molecule has 1 aromatic rings. The van der Waals surface area contributed by atoms with Gasteiger partial charge in [-0.25, -0.2) is 0 Å². The quantitative estimate of drug-likeness (QED) is 0.754. The second-order valence-electron chi connectivity index (χ2n) is 5.29. The van der Waals surface area contributed by atoms with Crippen LogP contribution in [0.3, 0.4) is 0 Å². The first-order chi connectivity index (χ1) is 10.1. The zero-order chi connectivity index (χ0) is 15.2. The van der Waals surface area contributed by atoms with Crippen molar-refractivity contribution in [3.63, 3.8) is 0 Å². The van der Waals surface area contributed by atoms with Gasteiger partial charge in [-0.1, -0.05) is 30.2 Å². The number of nitrogens with one attached hydrogen (secondary N) is 2. The van der Waals surface area contributed by atoms with Gasteiger partial charge in [-0.3, -0.25) is 9.59 Å². The molecule has 2 unspecified atom stereocenters. The van der Waals surface area contributed by atoms with Gasteiger partial charge in [-0.15, -0.1) is 0 Å². The highest BCUT2D eigenvalue weighted by Crippen LogP contribution is 2.31. The minimum absolute atomic E-state index is 0.107. The summed E-state index contributed by atoms with van der Waals surface area (Å²) in [4.78, 5) is 22.9. The number of aliphatic carboxylic acids is 1. The van der Waals surface area contributed by atoms with E-state index in [1.807, 2.05) is 0 Å². The number of carbonyl (C=O) groups is 2. The number of anilines is 1. The van der Waals surface area contributed by atoms with Crippen LogP contribution in [0, 0.1) is 11.8 Å². The van der Waals surface area contributed by atoms with Crippen LogP contribution in [0.25, 0.3) is 0 Å². The van der Waals surface area contributed by atoms with Gasteiger partial charge >= 0.3 is 5.97 Å². The molecule has 2 atom stereocenters. The summed E-state index contributed by atoms with van der Waals surface area (Å²) in [6, 6.07) is 7.03. The molecule has 1 saturated carbocycles. The fourth-order valence-electron chi connectivity index (χ4n) is 2.73. The van der Waals surface area contributed by atoms with Crippen molar-refractivity contribution < 1.29 is 14.7 Å². The lowest BCUT2D eigenvalue weighted by molar-refractivity contribution is -0.142. The van der Waals surface area contributed by atoms with E-state index in [1.165, 1.54) is 0 Å². The predicted molar refractivity (Wildman–Crippen MR) is 81.4 cm³/mol. The van der Waals surface area contributed by atoms with Crippen molar-refractivity contribution in [1.82, 2.24) is 5.32 Å². The summed E-state index contributed by atoms with van der Waals surface area (Å²) >= 11 is 5.96. The molecule has 114 valence electrons. The predicted octanol–water partition coefficient (Wildman–Crippen LogP) is 2.37. The number of carbonyl (C=O) groups excluding carboxylic acids is 1. The van der Waals surface area contributed by atoms with Gasteiger partial charge in [0.15, 0.2) is 0 Å². The van der Waals surface area contributed by atoms with Crippen LogP contribution < -0.4 is 10.6 Å². The minimum Gasteiger partial charge on any atom is -0.481 e. The maximum absolute atomic E-state index is 11.8. The molecule has 5 nitrogen and oxygen atoms in total. The number of hydrogen-bond donors (Lipinski definition) is 3. The highest BCUT2D eigenvalue weighted by Gasteiger charge is 2.32. The van der Waals surface area contributed by atoms with Crippen molar-refractivity contribution in [3.8, 4) is 0 Å². The Balaban J connectivity index is 1.75. The van der Waals surface area contributed by atoms with Crippen molar-refractivity contribution in [3.05, 3.63) is 29.3 Å². The third-order valence-corrected chi connectivity index (χ3v) is 4.15. The summed E-state index contributed by atoms with van der Waals surface area (Å²) in [7, 11) is 0. The molecule has 1 aliphatic carbocycles. The highest BCUT2D eigenvalue weighted by molar-refractivity contribution is 6.33. The molecule has 0 aromatic heterocycles. The van der Waals surface area contributed by atoms with E-state index in [0.29, 0.717) is 17.3 Å². The Labute approximate surface area is 128 Å². The van der Waals surface area contributed by atoms with Crippen LogP contribution in [0.4, 0.5) is 5.69 Å². The lowest BCUT2D eigenvalue weighted by Crippen LogP contribution is -2.34. The van der Waals surface area contributed by atoms with Crippen LogP contribution in [-0.4, -0.2) is 30.1 Å². The third-order valence-electron chi connectivity index (χ3n) is 3.82. The first-order valence-corrected chi connectivity index (χ1v) is 7.43. The SMILES string of the molecule is O=C(CNCC1CCCC1C(=O)O)Nc1ccccc1Cl. The van der Waals surface area contributed by atoms with E-state index in [9.17, 15) is 9.59 Å². The molecule has 1 fully saturated rings. The highest BCUT2D eigenvalue weighted by atomic mass is 35.5. The number of carboxylic acids is 1. The largest absolute Gasteiger partial charge is 0.481 e. The molecule has 6 heteroatoms. The first-order valence-electron chi connectivity index (χ1n) is 7.06. The second kappa shape index (κ2) is 7.43. The normalized spacial score (nSPS) is 21.2. The fraction of sp³-hybridized carbons (Fsp3) is 0.467. The molecule has 0 radical (unpaired) electrons. The van der Waals surface area contributed by atoms with Gasteiger partial charge in [0.25, 0.3) is 0 Å². The Morgan fingerprint density at radius 2 is 2.05 bits per heavy atom. The molecule has 0 heterocycles. The summed E-state index contributed by atoms with van der Waals surface area (Å²) in [5.74, 6) is -1.10. The molecule has 0 bridgehead atoms. The number of para-hydroxylation sites is 1. The summed E-state index contributed by atoms with van der Waals surface area (Å²) in [5.41, 5.74) is 0.579.